The van der Waals surface area contributed by atoms with Crippen molar-refractivity contribution in [2.24, 2.45) is 4.99 Å². The Labute approximate surface area is 153 Å². The molecule has 1 atom stereocenters. The molecule has 1 aliphatic carbocycles. The molecule has 3 rings (SSSR count). The molecule has 0 N–H and O–H groups in total. The van der Waals surface area contributed by atoms with Gasteiger partial charge in [-0.25, -0.2) is 0 Å². The van der Waals surface area contributed by atoms with E-state index in [1.54, 1.807) is 6.20 Å². The summed E-state index contributed by atoms with van der Waals surface area (Å²) < 4.78 is 5.93. The van der Waals surface area contributed by atoms with Crippen LogP contribution in [0, 0.1) is 0 Å². The average Bonchev–Trinajstić information content (AvgIpc) is 3.10. The van der Waals surface area contributed by atoms with Crippen LogP contribution in [0.4, 0.5) is 0 Å². The summed E-state index contributed by atoms with van der Waals surface area (Å²) in [4.78, 5) is 22.2. The third-order valence-corrected chi connectivity index (χ3v) is 5.22. The minimum absolute atomic E-state index is 0.266. The molecule has 2 aliphatic rings. The van der Waals surface area contributed by atoms with Crippen LogP contribution in [0.2, 0.25) is 5.02 Å². The minimum atomic E-state index is 0.266. The smallest absolute Gasteiger partial charge is 0.155 e. The van der Waals surface area contributed by atoms with E-state index in [0.717, 1.165) is 25.8 Å². The largest absolute Gasteiger partial charge is 0.487 e. The molecule has 5 nitrogen and oxygen atoms in total. The van der Waals surface area contributed by atoms with Gasteiger partial charge in [0.1, 0.15) is 12.4 Å². The van der Waals surface area contributed by atoms with Gasteiger partial charge in [-0.3, -0.25) is 19.7 Å². The molecule has 0 spiro atoms. The molecular weight excluding hydrogens is 338 g/mol. The zero-order valence-corrected chi connectivity index (χ0v) is 15.5. The normalized spacial score (nSPS) is 21.2. The molecule has 0 saturated heterocycles. The number of carbonyl (C=O) groups is 1. The first-order valence-corrected chi connectivity index (χ1v) is 9.17. The van der Waals surface area contributed by atoms with Crippen LogP contribution in [-0.4, -0.2) is 47.7 Å². The van der Waals surface area contributed by atoms with E-state index >= 15 is 0 Å². The number of rotatable bonds is 6. The number of pyridine rings is 1. The molecule has 1 aromatic heterocycles. The molecule has 2 heterocycles. The molecule has 0 aromatic carbocycles. The highest BCUT2D eigenvalue weighted by molar-refractivity contribution is 6.33. The van der Waals surface area contributed by atoms with Crippen LogP contribution >= 0.6 is 11.6 Å². The van der Waals surface area contributed by atoms with Crippen molar-refractivity contribution in [2.45, 2.75) is 51.6 Å². The van der Waals surface area contributed by atoms with Gasteiger partial charge in [-0.2, -0.15) is 0 Å². The first-order chi connectivity index (χ1) is 12.1. The predicted molar refractivity (Wildman–Crippen MR) is 99.7 cm³/mol. The number of hydrogen-bond donors (Lipinski definition) is 0. The van der Waals surface area contributed by atoms with Gasteiger partial charge in [0.05, 0.1) is 29.5 Å². The Bertz CT molecular complexity index is 700. The van der Waals surface area contributed by atoms with Crippen molar-refractivity contribution >= 4 is 24.1 Å². The number of aldehydes is 1. The van der Waals surface area contributed by atoms with Crippen LogP contribution in [0.1, 0.15) is 49.9 Å². The summed E-state index contributed by atoms with van der Waals surface area (Å²) in [7, 11) is 0. The maximum Gasteiger partial charge on any atom is 0.155 e. The van der Waals surface area contributed by atoms with Crippen LogP contribution in [0.15, 0.2) is 28.5 Å². The van der Waals surface area contributed by atoms with Crippen LogP contribution in [0.5, 0.6) is 5.75 Å². The summed E-state index contributed by atoms with van der Waals surface area (Å²) in [5.74, 6) is 0.445. The Morgan fingerprint density at radius 1 is 1.36 bits per heavy atom. The molecular formula is C19H24ClN3O2. The third kappa shape index (κ3) is 3.93. The van der Waals surface area contributed by atoms with E-state index < -0.39 is 0 Å². The first-order valence-electron chi connectivity index (χ1n) is 8.79. The molecule has 0 amide bonds. The molecule has 0 radical (unpaired) electrons. The molecule has 1 aliphatic heterocycles. The highest BCUT2D eigenvalue weighted by Gasteiger charge is 2.29. The van der Waals surface area contributed by atoms with Gasteiger partial charge < -0.3 is 4.74 Å². The minimum Gasteiger partial charge on any atom is -0.487 e. The van der Waals surface area contributed by atoms with E-state index in [-0.39, 0.29) is 6.04 Å². The van der Waals surface area contributed by atoms with E-state index in [1.165, 1.54) is 30.2 Å². The number of hydrogen-bond acceptors (Lipinski definition) is 5. The van der Waals surface area contributed by atoms with E-state index in [4.69, 9.17) is 16.3 Å². The van der Waals surface area contributed by atoms with Crippen molar-refractivity contribution < 1.29 is 9.53 Å². The predicted octanol–water partition coefficient (Wildman–Crippen LogP) is 3.92. The van der Waals surface area contributed by atoms with Crippen molar-refractivity contribution in [2.75, 3.05) is 13.3 Å². The second kappa shape index (κ2) is 8.11. The molecule has 25 heavy (non-hydrogen) atoms. The van der Waals surface area contributed by atoms with Crippen molar-refractivity contribution in [1.82, 2.24) is 9.88 Å². The van der Waals surface area contributed by atoms with Gasteiger partial charge in [-0.05, 0) is 50.7 Å². The fourth-order valence-corrected chi connectivity index (χ4v) is 3.72. The molecule has 6 heteroatoms. The SMILES string of the molecule is CC(C)N1CN=CC1C1=C(COc2cncc(Cl)c2C=O)CCCC1. The first kappa shape index (κ1) is 18.1. The third-order valence-electron chi connectivity index (χ3n) is 4.92. The second-order valence-corrected chi connectivity index (χ2v) is 7.21. The Morgan fingerprint density at radius 3 is 2.92 bits per heavy atom. The maximum absolute atomic E-state index is 11.3. The van der Waals surface area contributed by atoms with Crippen LogP contribution in [0.25, 0.3) is 0 Å². The van der Waals surface area contributed by atoms with E-state index in [9.17, 15) is 4.79 Å². The molecule has 1 unspecified atom stereocenters. The van der Waals surface area contributed by atoms with E-state index in [0.29, 0.717) is 29.0 Å². The summed E-state index contributed by atoms with van der Waals surface area (Å²) in [6, 6.07) is 0.713. The number of carbonyl (C=O) groups excluding carboxylic acids is 1. The number of nitrogens with zero attached hydrogens (tertiary/aromatic N) is 3. The molecule has 0 fully saturated rings. The van der Waals surface area contributed by atoms with E-state index in [2.05, 4.69) is 34.9 Å². The number of halogens is 1. The maximum atomic E-state index is 11.3. The Morgan fingerprint density at radius 2 is 2.16 bits per heavy atom. The highest BCUT2D eigenvalue weighted by Crippen LogP contribution is 2.32. The van der Waals surface area contributed by atoms with Gasteiger partial charge >= 0.3 is 0 Å². The van der Waals surface area contributed by atoms with Crippen molar-refractivity contribution in [3.05, 3.63) is 34.1 Å². The summed E-state index contributed by atoms with van der Waals surface area (Å²) in [5.41, 5.74) is 3.09. The zero-order valence-electron chi connectivity index (χ0n) is 14.7. The monoisotopic (exact) mass is 361 g/mol. The molecule has 0 saturated carbocycles. The Hall–Kier alpha value is -1.72. The second-order valence-electron chi connectivity index (χ2n) is 6.80. The molecule has 0 bridgehead atoms. The Balaban J connectivity index is 1.81. The summed E-state index contributed by atoms with van der Waals surface area (Å²) in [6.07, 6.45) is 10.3. The van der Waals surface area contributed by atoms with Crippen LogP contribution in [-0.2, 0) is 0 Å². The highest BCUT2D eigenvalue weighted by atomic mass is 35.5. The molecule has 1 aromatic rings. The quantitative estimate of drug-likeness (QED) is 0.569. The lowest BCUT2D eigenvalue weighted by Gasteiger charge is -2.32. The van der Waals surface area contributed by atoms with Crippen molar-refractivity contribution in [3.8, 4) is 5.75 Å². The van der Waals surface area contributed by atoms with Crippen LogP contribution < -0.4 is 4.74 Å². The summed E-state index contributed by atoms with van der Waals surface area (Å²) in [5, 5.41) is 0.319. The summed E-state index contributed by atoms with van der Waals surface area (Å²) in [6.45, 7) is 5.63. The topological polar surface area (TPSA) is 54.8 Å². The lowest BCUT2D eigenvalue weighted by Crippen LogP contribution is -2.39. The van der Waals surface area contributed by atoms with Crippen molar-refractivity contribution in [3.63, 3.8) is 0 Å². The lowest BCUT2D eigenvalue weighted by atomic mass is 9.87. The average molecular weight is 362 g/mol. The number of aromatic nitrogens is 1. The molecule has 134 valence electrons. The van der Waals surface area contributed by atoms with Crippen LogP contribution in [0.3, 0.4) is 0 Å². The van der Waals surface area contributed by atoms with Gasteiger partial charge in [0.15, 0.2) is 6.29 Å². The lowest BCUT2D eigenvalue weighted by molar-refractivity contribution is 0.112. The van der Waals surface area contributed by atoms with Gasteiger partial charge in [0, 0.05) is 18.5 Å². The number of ether oxygens (including phenoxy) is 1. The fraction of sp³-hybridized carbons (Fsp3) is 0.526. The van der Waals surface area contributed by atoms with Gasteiger partial charge in [0.25, 0.3) is 0 Å². The number of aliphatic imine (C=N–C) groups is 1. The van der Waals surface area contributed by atoms with Gasteiger partial charge in [0.2, 0.25) is 0 Å². The van der Waals surface area contributed by atoms with Gasteiger partial charge in [-0.1, -0.05) is 11.6 Å². The Kier molecular flexibility index (Phi) is 5.86. The summed E-state index contributed by atoms with van der Waals surface area (Å²) >= 11 is 6.03. The van der Waals surface area contributed by atoms with Gasteiger partial charge in [-0.15, -0.1) is 0 Å². The van der Waals surface area contributed by atoms with Crippen molar-refractivity contribution in [1.29, 1.82) is 0 Å². The zero-order chi connectivity index (χ0) is 17.8. The van der Waals surface area contributed by atoms with E-state index in [1.807, 2.05) is 0 Å². The standard InChI is InChI=1S/C19H24ClN3O2/c1-13(2)23-12-22-8-18(23)15-6-4-3-5-14(15)11-25-19-9-21-7-17(20)16(19)10-24/h7-10,13,18H,3-6,11-12H2,1-2H3. The fourth-order valence-electron chi connectivity index (χ4n) is 3.52.